The normalized spacial score (nSPS) is 11.1. The first kappa shape index (κ1) is 32.5. The Labute approximate surface area is 226 Å². The van der Waals surface area contributed by atoms with Gasteiger partial charge in [-0.3, -0.25) is 0 Å². The first-order chi connectivity index (χ1) is 15.0. The first-order valence-corrected chi connectivity index (χ1v) is 12.4. The van der Waals surface area contributed by atoms with Crippen LogP contribution in [0.2, 0.25) is 0 Å². The topological polar surface area (TPSA) is 172 Å². The molecule has 3 aromatic rings. The van der Waals surface area contributed by atoms with E-state index >= 15 is 0 Å². The monoisotopic (exact) mass is 666 g/mol. The third kappa shape index (κ3) is 10.9. The van der Waals surface area contributed by atoms with Crippen LogP contribution in [0.25, 0.3) is 0 Å². The third-order valence-electron chi connectivity index (χ3n) is 3.32. The van der Waals surface area contributed by atoms with Gasteiger partial charge in [0, 0.05) is 0 Å². The molecule has 0 fully saturated rings. The standard InChI is InChI=1S/3C6H5FO3S.Pr/c3*7-5-3-1-2-4-6(5)11(8,9)10;/h3*1-4H,(H,8,9,10);/q;;;+3/p-3. The Hall–Kier alpha value is -1.46. The average Bonchev–Trinajstić information content (AvgIpc) is 2.67. The fraction of sp³-hybridized carbons (Fsp3) is 0. The van der Waals surface area contributed by atoms with Gasteiger partial charge in [-0.05, 0) is 36.4 Å². The van der Waals surface area contributed by atoms with Crippen molar-refractivity contribution >= 4 is 30.4 Å². The zero-order valence-corrected chi connectivity index (χ0v) is 22.7. The molecule has 34 heavy (non-hydrogen) atoms. The van der Waals surface area contributed by atoms with Crippen molar-refractivity contribution < 1.29 is 93.4 Å². The predicted molar refractivity (Wildman–Crippen MR) is 103 cm³/mol. The number of hydrogen-bond donors (Lipinski definition) is 0. The number of halogens is 3. The summed E-state index contributed by atoms with van der Waals surface area (Å²) in [5.74, 6) is -3.03. The van der Waals surface area contributed by atoms with Gasteiger partial charge in [-0.1, -0.05) is 36.4 Å². The van der Waals surface area contributed by atoms with E-state index < -0.39 is 62.5 Å². The van der Waals surface area contributed by atoms with Crippen molar-refractivity contribution in [2.45, 2.75) is 14.7 Å². The van der Waals surface area contributed by atoms with E-state index in [0.29, 0.717) is 0 Å². The molecule has 0 aliphatic rings. The SMILES string of the molecule is O=S(=O)([O-])c1ccccc1F.O=S(=O)([O-])c1ccccc1F.O=S(=O)([O-])c1ccccc1F.[Pr+3]. The van der Waals surface area contributed by atoms with Crippen LogP contribution < -0.4 is 0 Å². The van der Waals surface area contributed by atoms with Crippen molar-refractivity contribution in [3.05, 3.63) is 90.2 Å². The van der Waals surface area contributed by atoms with Gasteiger partial charge >= 0.3 is 41.3 Å². The zero-order valence-electron chi connectivity index (χ0n) is 16.5. The van der Waals surface area contributed by atoms with E-state index in [1.165, 1.54) is 36.4 Å². The van der Waals surface area contributed by atoms with E-state index in [1.54, 1.807) is 0 Å². The Morgan fingerprint density at radius 2 is 0.618 bits per heavy atom. The minimum Gasteiger partial charge on any atom is -0.744 e. The molecule has 3 rings (SSSR count). The molecule has 0 spiro atoms. The van der Waals surface area contributed by atoms with Crippen molar-refractivity contribution in [3.8, 4) is 0 Å². The molecule has 0 radical (unpaired) electrons. The summed E-state index contributed by atoms with van der Waals surface area (Å²) >= 11 is 0. The molecular weight excluding hydrogens is 654 g/mol. The molecule has 0 saturated heterocycles. The summed E-state index contributed by atoms with van der Waals surface area (Å²) < 4.78 is 130. The van der Waals surface area contributed by atoms with Crippen molar-refractivity contribution in [2.24, 2.45) is 0 Å². The summed E-state index contributed by atoms with van der Waals surface area (Å²) in [6, 6.07) is 13.3. The summed E-state index contributed by atoms with van der Waals surface area (Å²) in [4.78, 5) is -2.42. The second kappa shape index (κ2) is 13.6. The van der Waals surface area contributed by atoms with Gasteiger partial charge in [0.1, 0.15) is 47.8 Å². The van der Waals surface area contributed by atoms with Crippen LogP contribution >= 0.6 is 0 Å². The summed E-state index contributed by atoms with van der Waals surface area (Å²) in [6.45, 7) is 0. The van der Waals surface area contributed by atoms with Crippen LogP contribution in [0.5, 0.6) is 0 Å². The maximum atomic E-state index is 12.5. The fourth-order valence-corrected chi connectivity index (χ4v) is 3.60. The minimum absolute atomic E-state index is 0. The van der Waals surface area contributed by atoms with Crippen LogP contribution in [-0.2, 0) is 30.4 Å². The Kier molecular flexibility index (Phi) is 13.0. The van der Waals surface area contributed by atoms with Crippen molar-refractivity contribution in [2.75, 3.05) is 0 Å². The van der Waals surface area contributed by atoms with E-state index in [9.17, 15) is 52.1 Å². The molecule has 180 valence electrons. The third-order valence-corrected chi connectivity index (χ3v) is 5.93. The molecule has 0 unspecified atom stereocenters. The first-order valence-electron chi connectivity index (χ1n) is 8.16. The van der Waals surface area contributed by atoms with Gasteiger partial charge in [-0.25, -0.2) is 38.4 Å². The van der Waals surface area contributed by atoms with Gasteiger partial charge in [0.25, 0.3) is 0 Å². The minimum atomic E-state index is -4.66. The molecule has 3 aromatic carbocycles. The Balaban J connectivity index is 0.000000473. The van der Waals surface area contributed by atoms with E-state index in [-0.39, 0.29) is 41.3 Å². The number of rotatable bonds is 3. The summed E-state index contributed by atoms with van der Waals surface area (Å²) in [5.41, 5.74) is 0. The van der Waals surface area contributed by atoms with E-state index in [2.05, 4.69) is 0 Å². The Morgan fingerprint density at radius 1 is 0.441 bits per heavy atom. The summed E-state index contributed by atoms with van der Waals surface area (Å²) in [6.07, 6.45) is 0. The molecule has 0 aromatic heterocycles. The van der Waals surface area contributed by atoms with E-state index in [4.69, 9.17) is 0 Å². The smallest absolute Gasteiger partial charge is 0.744 e. The zero-order chi connectivity index (χ0) is 25.4. The molecule has 0 aliphatic heterocycles. The second-order valence-corrected chi connectivity index (χ2v) is 9.70. The van der Waals surface area contributed by atoms with Gasteiger partial charge in [0.15, 0.2) is 0 Å². The van der Waals surface area contributed by atoms with Crippen LogP contribution in [0.1, 0.15) is 0 Å². The summed E-state index contributed by atoms with van der Waals surface area (Å²) in [7, 11) is -14.0. The average molecular weight is 666 g/mol. The van der Waals surface area contributed by atoms with Crippen molar-refractivity contribution in [1.82, 2.24) is 0 Å². The van der Waals surface area contributed by atoms with E-state index in [0.717, 1.165) is 36.4 Å². The predicted octanol–water partition coefficient (Wildman–Crippen LogP) is 2.19. The molecule has 0 N–H and O–H groups in total. The molecule has 0 atom stereocenters. The maximum Gasteiger partial charge on any atom is 3.00 e. The molecule has 0 heterocycles. The quantitative estimate of drug-likeness (QED) is 0.380. The van der Waals surface area contributed by atoms with Crippen LogP contribution in [-0.4, -0.2) is 38.9 Å². The second-order valence-electron chi connectivity index (χ2n) is 5.65. The van der Waals surface area contributed by atoms with Crippen LogP contribution in [0.4, 0.5) is 13.2 Å². The van der Waals surface area contributed by atoms with Gasteiger partial charge in [-0.2, -0.15) is 0 Å². The van der Waals surface area contributed by atoms with Gasteiger partial charge < -0.3 is 13.7 Å². The van der Waals surface area contributed by atoms with E-state index in [1.807, 2.05) is 0 Å². The Bertz CT molecular complexity index is 1250. The molecular formula is C18H12F3O9PrS3. The molecule has 0 amide bonds. The van der Waals surface area contributed by atoms with Crippen LogP contribution in [0.15, 0.2) is 87.5 Å². The fourth-order valence-electron chi connectivity index (χ4n) is 1.94. The maximum absolute atomic E-state index is 12.5. The van der Waals surface area contributed by atoms with Gasteiger partial charge in [0.05, 0.1) is 14.7 Å². The number of benzene rings is 3. The molecule has 16 heteroatoms. The van der Waals surface area contributed by atoms with Gasteiger partial charge in [-0.15, -0.1) is 0 Å². The van der Waals surface area contributed by atoms with Crippen LogP contribution in [0.3, 0.4) is 0 Å². The van der Waals surface area contributed by atoms with Crippen LogP contribution in [0, 0.1) is 58.7 Å². The molecule has 0 aliphatic carbocycles. The van der Waals surface area contributed by atoms with Gasteiger partial charge in [0.2, 0.25) is 0 Å². The molecule has 0 saturated carbocycles. The van der Waals surface area contributed by atoms with Crippen molar-refractivity contribution in [1.29, 1.82) is 0 Å². The van der Waals surface area contributed by atoms with Crippen molar-refractivity contribution in [3.63, 3.8) is 0 Å². The Morgan fingerprint density at radius 3 is 0.735 bits per heavy atom. The largest absolute Gasteiger partial charge is 3.00 e. The molecule has 0 bridgehead atoms. The number of hydrogen-bond acceptors (Lipinski definition) is 9. The summed E-state index contributed by atoms with van der Waals surface area (Å²) in [5, 5.41) is 0. The molecule has 9 nitrogen and oxygen atoms in total.